The van der Waals surface area contributed by atoms with Crippen molar-refractivity contribution in [2.75, 3.05) is 5.73 Å². The van der Waals surface area contributed by atoms with Gasteiger partial charge in [0.1, 0.15) is 6.61 Å². The highest BCUT2D eigenvalue weighted by Crippen LogP contribution is 2.37. The van der Waals surface area contributed by atoms with Gasteiger partial charge in [0, 0.05) is 0 Å². The standard InChI is InChI=1S/C18H21N5O2/c1-11-7-8-13(15(11)24)23-10-20-14-16(23)21-18(19)22-17(14)25-9-12-5-3-2-4-6-12/h2-6,10-11,13,15,24H,7-9H2,1H3,(H2,19,21,22)/t11-,13+,15+/m1/s1. The van der Waals surface area contributed by atoms with E-state index in [4.69, 9.17) is 10.5 Å². The third-order valence-corrected chi connectivity index (χ3v) is 4.88. The van der Waals surface area contributed by atoms with Gasteiger partial charge in [-0.05, 0) is 24.3 Å². The number of aliphatic hydroxyl groups is 1. The molecule has 0 unspecified atom stereocenters. The van der Waals surface area contributed by atoms with Crippen molar-refractivity contribution in [2.45, 2.75) is 38.5 Å². The van der Waals surface area contributed by atoms with E-state index in [9.17, 15) is 5.11 Å². The number of aliphatic hydroxyl groups excluding tert-OH is 1. The molecule has 0 radical (unpaired) electrons. The summed E-state index contributed by atoms with van der Waals surface area (Å²) < 4.78 is 7.74. The number of hydrogen-bond acceptors (Lipinski definition) is 6. The van der Waals surface area contributed by atoms with Crippen LogP contribution >= 0.6 is 0 Å². The van der Waals surface area contributed by atoms with Crippen molar-refractivity contribution >= 4 is 17.1 Å². The van der Waals surface area contributed by atoms with E-state index in [0.717, 1.165) is 18.4 Å². The van der Waals surface area contributed by atoms with Crippen molar-refractivity contribution in [1.29, 1.82) is 0 Å². The largest absolute Gasteiger partial charge is 0.471 e. The van der Waals surface area contributed by atoms with E-state index in [2.05, 4.69) is 21.9 Å². The molecule has 4 rings (SSSR count). The number of nitrogens with zero attached hydrogens (tertiary/aromatic N) is 4. The lowest BCUT2D eigenvalue weighted by molar-refractivity contribution is 0.103. The molecule has 0 amide bonds. The molecule has 3 atom stereocenters. The first-order chi connectivity index (χ1) is 12.1. The summed E-state index contributed by atoms with van der Waals surface area (Å²) in [7, 11) is 0. The lowest BCUT2D eigenvalue weighted by atomic mass is 10.1. The Morgan fingerprint density at radius 3 is 2.76 bits per heavy atom. The number of nitrogens with two attached hydrogens (primary N) is 1. The maximum absolute atomic E-state index is 10.4. The first-order valence-electron chi connectivity index (χ1n) is 8.48. The molecule has 1 saturated carbocycles. The number of hydrogen-bond donors (Lipinski definition) is 2. The van der Waals surface area contributed by atoms with E-state index in [1.165, 1.54) is 0 Å². The number of anilines is 1. The molecule has 1 aliphatic rings. The monoisotopic (exact) mass is 339 g/mol. The van der Waals surface area contributed by atoms with Crippen molar-refractivity contribution in [3.63, 3.8) is 0 Å². The number of ether oxygens (including phenoxy) is 1. The lowest BCUT2D eigenvalue weighted by Crippen LogP contribution is -2.22. The van der Waals surface area contributed by atoms with Crippen LogP contribution in [0.2, 0.25) is 0 Å². The predicted molar refractivity (Wildman–Crippen MR) is 94.0 cm³/mol. The van der Waals surface area contributed by atoms with E-state index in [-0.39, 0.29) is 17.9 Å². The normalized spacial score (nSPS) is 23.2. The van der Waals surface area contributed by atoms with Gasteiger partial charge in [-0.15, -0.1) is 0 Å². The fraction of sp³-hybridized carbons (Fsp3) is 0.389. The Morgan fingerprint density at radius 1 is 1.24 bits per heavy atom. The Labute approximate surface area is 145 Å². The second-order valence-electron chi connectivity index (χ2n) is 6.60. The Morgan fingerprint density at radius 2 is 2.04 bits per heavy atom. The topological polar surface area (TPSA) is 99.1 Å². The zero-order valence-electron chi connectivity index (χ0n) is 14.0. The molecule has 0 saturated heterocycles. The van der Waals surface area contributed by atoms with Crippen LogP contribution in [0, 0.1) is 5.92 Å². The Hall–Kier alpha value is -2.67. The molecule has 3 aromatic rings. The molecule has 0 bridgehead atoms. The maximum atomic E-state index is 10.4. The highest BCUT2D eigenvalue weighted by atomic mass is 16.5. The summed E-state index contributed by atoms with van der Waals surface area (Å²) >= 11 is 0. The predicted octanol–water partition coefficient (Wildman–Crippen LogP) is 2.32. The van der Waals surface area contributed by atoms with Crippen LogP contribution < -0.4 is 10.5 Å². The van der Waals surface area contributed by atoms with Crippen LogP contribution in [-0.4, -0.2) is 30.7 Å². The fourth-order valence-electron chi connectivity index (χ4n) is 3.43. The van der Waals surface area contributed by atoms with Crippen molar-refractivity contribution in [2.24, 2.45) is 5.92 Å². The highest BCUT2D eigenvalue weighted by Gasteiger charge is 2.34. The highest BCUT2D eigenvalue weighted by molar-refractivity contribution is 5.77. The van der Waals surface area contributed by atoms with Gasteiger partial charge in [0.15, 0.2) is 11.2 Å². The average molecular weight is 339 g/mol. The van der Waals surface area contributed by atoms with Crippen LogP contribution in [0.4, 0.5) is 5.95 Å². The van der Waals surface area contributed by atoms with Gasteiger partial charge in [-0.2, -0.15) is 9.97 Å². The quantitative estimate of drug-likeness (QED) is 0.757. The fourth-order valence-corrected chi connectivity index (χ4v) is 3.43. The molecule has 0 aliphatic heterocycles. The third kappa shape index (κ3) is 2.91. The molecule has 7 nitrogen and oxygen atoms in total. The van der Waals surface area contributed by atoms with Gasteiger partial charge in [0.25, 0.3) is 0 Å². The zero-order chi connectivity index (χ0) is 17.4. The van der Waals surface area contributed by atoms with E-state index < -0.39 is 6.10 Å². The van der Waals surface area contributed by atoms with Crippen molar-refractivity contribution in [3.05, 3.63) is 42.2 Å². The Kier molecular flexibility index (Phi) is 4.01. The van der Waals surface area contributed by atoms with Crippen molar-refractivity contribution in [3.8, 4) is 5.88 Å². The second kappa shape index (κ2) is 6.33. The molecule has 1 aliphatic carbocycles. The van der Waals surface area contributed by atoms with Gasteiger partial charge in [0.05, 0.1) is 18.5 Å². The van der Waals surface area contributed by atoms with Crippen molar-refractivity contribution < 1.29 is 9.84 Å². The Balaban J connectivity index is 1.67. The number of imidazole rings is 1. The molecule has 3 N–H and O–H groups in total. The van der Waals surface area contributed by atoms with Gasteiger partial charge < -0.3 is 20.1 Å². The number of benzene rings is 1. The summed E-state index contributed by atoms with van der Waals surface area (Å²) in [4.78, 5) is 13.0. The van der Waals surface area contributed by atoms with Crippen LogP contribution in [-0.2, 0) is 6.61 Å². The van der Waals surface area contributed by atoms with E-state index >= 15 is 0 Å². The molecule has 2 aromatic heterocycles. The SMILES string of the molecule is C[C@@H]1CC[C@H](n2cnc3c(OCc4ccccc4)nc(N)nc32)[C@H]1O. The second-order valence-corrected chi connectivity index (χ2v) is 6.60. The van der Waals surface area contributed by atoms with Gasteiger partial charge in [0.2, 0.25) is 11.8 Å². The maximum Gasteiger partial charge on any atom is 0.247 e. The van der Waals surface area contributed by atoms with Crippen LogP contribution in [0.3, 0.4) is 0 Å². The average Bonchev–Trinajstić information content (AvgIpc) is 3.17. The lowest BCUT2D eigenvalue weighted by Gasteiger charge is -2.19. The summed E-state index contributed by atoms with van der Waals surface area (Å²) in [5.41, 5.74) is 8.08. The summed E-state index contributed by atoms with van der Waals surface area (Å²) in [6.45, 7) is 2.43. The first-order valence-corrected chi connectivity index (χ1v) is 8.48. The minimum atomic E-state index is -0.415. The molecular formula is C18H21N5O2. The molecule has 25 heavy (non-hydrogen) atoms. The number of rotatable bonds is 4. The molecule has 2 heterocycles. The third-order valence-electron chi connectivity index (χ3n) is 4.88. The molecular weight excluding hydrogens is 318 g/mol. The number of fused-ring (bicyclic) bond motifs is 1. The zero-order valence-corrected chi connectivity index (χ0v) is 14.0. The number of nitrogen functional groups attached to an aromatic ring is 1. The van der Waals surface area contributed by atoms with Crippen LogP contribution in [0.15, 0.2) is 36.7 Å². The van der Waals surface area contributed by atoms with Gasteiger partial charge in [-0.25, -0.2) is 4.98 Å². The number of aromatic nitrogens is 4. The smallest absolute Gasteiger partial charge is 0.247 e. The summed E-state index contributed by atoms with van der Waals surface area (Å²) in [5, 5.41) is 10.4. The Bertz CT molecular complexity index is 880. The van der Waals surface area contributed by atoms with Crippen LogP contribution in [0.1, 0.15) is 31.4 Å². The molecule has 1 aromatic carbocycles. The molecule has 130 valence electrons. The minimum absolute atomic E-state index is 0.0451. The van der Waals surface area contributed by atoms with Gasteiger partial charge in [-0.3, -0.25) is 0 Å². The molecule has 7 heteroatoms. The molecule has 1 fully saturated rings. The van der Waals surface area contributed by atoms with Gasteiger partial charge >= 0.3 is 0 Å². The molecule has 0 spiro atoms. The summed E-state index contributed by atoms with van der Waals surface area (Å²) in [6, 6.07) is 9.80. The van der Waals surface area contributed by atoms with E-state index in [1.54, 1.807) is 6.33 Å². The summed E-state index contributed by atoms with van der Waals surface area (Å²) in [5.74, 6) is 0.763. The first kappa shape index (κ1) is 15.8. The van der Waals surface area contributed by atoms with Crippen LogP contribution in [0.25, 0.3) is 11.2 Å². The van der Waals surface area contributed by atoms with E-state index in [0.29, 0.717) is 23.7 Å². The van der Waals surface area contributed by atoms with Crippen LogP contribution in [0.5, 0.6) is 5.88 Å². The summed E-state index contributed by atoms with van der Waals surface area (Å²) in [6.07, 6.45) is 3.14. The van der Waals surface area contributed by atoms with Gasteiger partial charge in [-0.1, -0.05) is 37.3 Å². The van der Waals surface area contributed by atoms with Crippen molar-refractivity contribution in [1.82, 2.24) is 19.5 Å². The van der Waals surface area contributed by atoms with E-state index in [1.807, 2.05) is 34.9 Å². The minimum Gasteiger partial charge on any atom is -0.471 e.